The number of nitrogens with two attached hydrogens (primary N) is 1. The number of benzene rings is 1. The number of aryl methyl sites for hydroxylation is 1. The largest absolute Gasteiger partial charge is 0.326 e. The summed E-state index contributed by atoms with van der Waals surface area (Å²) in [4.78, 5) is 0. The van der Waals surface area contributed by atoms with E-state index >= 15 is 0 Å². The fourth-order valence-electron chi connectivity index (χ4n) is 2.41. The molecule has 0 saturated heterocycles. The van der Waals surface area contributed by atoms with Crippen molar-refractivity contribution in [1.29, 1.82) is 5.26 Å². The molecule has 0 aliphatic rings. The van der Waals surface area contributed by atoms with Crippen molar-refractivity contribution in [3.8, 4) is 11.8 Å². The molecular weight excluding hydrogens is 236 g/mol. The SMILES string of the molecule is CCc1c(C)nn(-c2ccc(CN)cc2C#N)c1C. The van der Waals surface area contributed by atoms with E-state index in [0.717, 1.165) is 29.1 Å². The summed E-state index contributed by atoms with van der Waals surface area (Å²) in [5.74, 6) is 0. The predicted octanol–water partition coefficient (Wildman–Crippen LogP) is 2.38. The van der Waals surface area contributed by atoms with Crippen LogP contribution in [0, 0.1) is 25.2 Å². The highest BCUT2D eigenvalue weighted by Crippen LogP contribution is 2.21. The molecule has 0 bridgehead atoms. The lowest BCUT2D eigenvalue weighted by atomic mass is 10.1. The molecule has 98 valence electrons. The van der Waals surface area contributed by atoms with Crippen LogP contribution in [0.25, 0.3) is 5.69 Å². The summed E-state index contributed by atoms with van der Waals surface area (Å²) in [5.41, 5.74) is 11.4. The molecule has 4 heteroatoms. The molecular formula is C15H18N4. The molecule has 4 nitrogen and oxygen atoms in total. The average Bonchev–Trinajstić information content (AvgIpc) is 2.72. The topological polar surface area (TPSA) is 67.6 Å². The Morgan fingerprint density at radius 3 is 2.63 bits per heavy atom. The van der Waals surface area contributed by atoms with E-state index in [1.165, 1.54) is 5.56 Å². The Morgan fingerprint density at radius 2 is 2.11 bits per heavy atom. The van der Waals surface area contributed by atoms with E-state index in [4.69, 9.17) is 5.73 Å². The second kappa shape index (κ2) is 5.25. The third-order valence-electron chi connectivity index (χ3n) is 3.44. The van der Waals surface area contributed by atoms with Crippen LogP contribution in [0.15, 0.2) is 18.2 Å². The lowest BCUT2D eigenvalue weighted by molar-refractivity contribution is 0.829. The van der Waals surface area contributed by atoms with Crippen LogP contribution in [-0.4, -0.2) is 9.78 Å². The molecule has 0 amide bonds. The first-order chi connectivity index (χ1) is 9.12. The van der Waals surface area contributed by atoms with Gasteiger partial charge in [0.1, 0.15) is 6.07 Å². The van der Waals surface area contributed by atoms with Crippen LogP contribution in [0.5, 0.6) is 0 Å². The normalized spacial score (nSPS) is 10.5. The van der Waals surface area contributed by atoms with Crippen molar-refractivity contribution >= 4 is 0 Å². The van der Waals surface area contributed by atoms with E-state index in [-0.39, 0.29) is 0 Å². The zero-order valence-electron chi connectivity index (χ0n) is 11.6. The summed E-state index contributed by atoms with van der Waals surface area (Å²) in [5, 5.41) is 13.8. The molecule has 1 aromatic carbocycles. The minimum atomic E-state index is 0.437. The average molecular weight is 254 g/mol. The molecule has 0 atom stereocenters. The van der Waals surface area contributed by atoms with Crippen molar-refractivity contribution in [1.82, 2.24) is 9.78 Å². The van der Waals surface area contributed by atoms with Gasteiger partial charge in [-0.15, -0.1) is 0 Å². The molecule has 0 fully saturated rings. The van der Waals surface area contributed by atoms with E-state index in [1.54, 1.807) is 0 Å². The lowest BCUT2D eigenvalue weighted by Gasteiger charge is -2.08. The highest BCUT2D eigenvalue weighted by atomic mass is 15.3. The van der Waals surface area contributed by atoms with Crippen LogP contribution in [0.4, 0.5) is 0 Å². The summed E-state index contributed by atoms with van der Waals surface area (Å²) >= 11 is 0. The van der Waals surface area contributed by atoms with Gasteiger partial charge in [0.25, 0.3) is 0 Å². The molecule has 2 rings (SSSR count). The van der Waals surface area contributed by atoms with Gasteiger partial charge >= 0.3 is 0 Å². The van der Waals surface area contributed by atoms with Crippen molar-refractivity contribution < 1.29 is 0 Å². The molecule has 2 aromatic rings. The van der Waals surface area contributed by atoms with Crippen molar-refractivity contribution in [2.45, 2.75) is 33.7 Å². The van der Waals surface area contributed by atoms with Crippen LogP contribution < -0.4 is 5.73 Å². The highest BCUT2D eigenvalue weighted by molar-refractivity contribution is 5.51. The maximum Gasteiger partial charge on any atom is 0.101 e. The summed E-state index contributed by atoms with van der Waals surface area (Å²) in [6, 6.07) is 7.92. The molecule has 0 spiro atoms. The lowest BCUT2D eigenvalue weighted by Crippen LogP contribution is -2.04. The van der Waals surface area contributed by atoms with Gasteiger partial charge < -0.3 is 5.73 Å². The Bertz CT molecular complexity index is 647. The number of hydrogen-bond acceptors (Lipinski definition) is 3. The van der Waals surface area contributed by atoms with Gasteiger partial charge in [0, 0.05) is 12.2 Å². The maximum atomic E-state index is 9.29. The van der Waals surface area contributed by atoms with Crippen LogP contribution >= 0.6 is 0 Å². The third kappa shape index (κ3) is 2.25. The summed E-state index contributed by atoms with van der Waals surface area (Å²) in [6.45, 7) is 6.59. The minimum absolute atomic E-state index is 0.437. The summed E-state index contributed by atoms with van der Waals surface area (Å²) in [7, 11) is 0. The van der Waals surface area contributed by atoms with Crippen molar-refractivity contribution in [2.24, 2.45) is 5.73 Å². The third-order valence-corrected chi connectivity index (χ3v) is 3.44. The van der Waals surface area contributed by atoms with Gasteiger partial charge in [0.05, 0.1) is 16.9 Å². The first-order valence-electron chi connectivity index (χ1n) is 6.40. The van der Waals surface area contributed by atoms with Gasteiger partial charge in [0.15, 0.2) is 0 Å². The van der Waals surface area contributed by atoms with Gasteiger partial charge in [-0.3, -0.25) is 0 Å². The molecule has 0 saturated carbocycles. The van der Waals surface area contributed by atoms with Crippen LogP contribution in [0.1, 0.15) is 35.0 Å². The second-order valence-electron chi connectivity index (χ2n) is 4.58. The second-order valence-corrected chi connectivity index (χ2v) is 4.58. The Hall–Kier alpha value is -2.12. The van der Waals surface area contributed by atoms with Crippen molar-refractivity contribution in [3.05, 3.63) is 46.3 Å². The number of rotatable bonds is 3. The Labute approximate surface area is 113 Å². The number of nitriles is 1. The number of hydrogen-bond donors (Lipinski definition) is 1. The van der Waals surface area contributed by atoms with Crippen LogP contribution in [-0.2, 0) is 13.0 Å². The zero-order chi connectivity index (χ0) is 14.0. The van der Waals surface area contributed by atoms with Gasteiger partial charge in [-0.2, -0.15) is 10.4 Å². The van der Waals surface area contributed by atoms with Crippen LogP contribution in [0.3, 0.4) is 0 Å². The molecule has 0 aliphatic heterocycles. The number of aromatic nitrogens is 2. The van der Waals surface area contributed by atoms with E-state index in [1.807, 2.05) is 36.7 Å². The van der Waals surface area contributed by atoms with E-state index in [9.17, 15) is 5.26 Å². The summed E-state index contributed by atoms with van der Waals surface area (Å²) < 4.78 is 1.85. The molecule has 1 heterocycles. The molecule has 2 N–H and O–H groups in total. The fourth-order valence-corrected chi connectivity index (χ4v) is 2.41. The standard InChI is InChI=1S/C15H18N4/c1-4-14-10(2)18-19(11(14)3)15-6-5-12(8-16)7-13(15)9-17/h5-7H,4,8,16H2,1-3H3. The van der Waals surface area contributed by atoms with Crippen LogP contribution in [0.2, 0.25) is 0 Å². The minimum Gasteiger partial charge on any atom is -0.326 e. The highest BCUT2D eigenvalue weighted by Gasteiger charge is 2.14. The molecule has 0 unspecified atom stereocenters. The van der Waals surface area contributed by atoms with Crippen molar-refractivity contribution in [2.75, 3.05) is 0 Å². The number of nitrogens with zero attached hydrogens (tertiary/aromatic N) is 3. The van der Waals surface area contributed by atoms with E-state index < -0.39 is 0 Å². The van der Waals surface area contributed by atoms with Gasteiger partial charge in [0.2, 0.25) is 0 Å². The first-order valence-corrected chi connectivity index (χ1v) is 6.40. The predicted molar refractivity (Wildman–Crippen MR) is 75.0 cm³/mol. The Morgan fingerprint density at radius 1 is 1.37 bits per heavy atom. The molecule has 0 aliphatic carbocycles. The monoisotopic (exact) mass is 254 g/mol. The van der Waals surface area contributed by atoms with Gasteiger partial charge in [-0.25, -0.2) is 4.68 Å². The maximum absolute atomic E-state index is 9.29. The van der Waals surface area contributed by atoms with Crippen molar-refractivity contribution in [3.63, 3.8) is 0 Å². The zero-order valence-corrected chi connectivity index (χ0v) is 11.6. The van der Waals surface area contributed by atoms with Gasteiger partial charge in [-0.1, -0.05) is 13.0 Å². The Kier molecular flexibility index (Phi) is 3.68. The molecule has 19 heavy (non-hydrogen) atoms. The molecule has 1 aromatic heterocycles. The molecule has 0 radical (unpaired) electrons. The summed E-state index contributed by atoms with van der Waals surface area (Å²) in [6.07, 6.45) is 0.945. The smallest absolute Gasteiger partial charge is 0.101 e. The van der Waals surface area contributed by atoms with E-state index in [0.29, 0.717) is 12.1 Å². The Balaban J connectivity index is 2.63. The first kappa shape index (κ1) is 13.3. The quantitative estimate of drug-likeness (QED) is 0.914. The van der Waals surface area contributed by atoms with Gasteiger partial charge in [-0.05, 0) is 43.5 Å². The van der Waals surface area contributed by atoms with E-state index in [2.05, 4.69) is 18.1 Å². The fraction of sp³-hybridized carbons (Fsp3) is 0.333.